The van der Waals surface area contributed by atoms with Crippen molar-refractivity contribution in [3.05, 3.63) is 158 Å². The molecule has 0 aliphatic carbocycles. The number of benzene rings is 4. The van der Waals surface area contributed by atoms with Crippen LogP contribution in [0, 0.1) is 25.2 Å². The minimum atomic E-state index is -0.852. The van der Waals surface area contributed by atoms with Crippen molar-refractivity contribution in [3.63, 3.8) is 0 Å². The van der Waals surface area contributed by atoms with E-state index >= 15 is 0 Å². The summed E-state index contributed by atoms with van der Waals surface area (Å²) in [7, 11) is 1.83. The second-order valence-corrected chi connectivity index (χ2v) is 16.8. The van der Waals surface area contributed by atoms with E-state index in [4.69, 9.17) is 52.4 Å². The molecule has 0 saturated carbocycles. The molecule has 16 heteroatoms. The lowest BCUT2D eigenvalue weighted by Gasteiger charge is -2.19. The van der Waals surface area contributed by atoms with Gasteiger partial charge in [0, 0.05) is 92.2 Å². The van der Waals surface area contributed by atoms with Crippen LogP contribution in [0.1, 0.15) is 75.8 Å². The van der Waals surface area contributed by atoms with Crippen molar-refractivity contribution < 1.29 is 38.7 Å². The summed E-state index contributed by atoms with van der Waals surface area (Å²) in [5.74, 6) is 0.285. The van der Waals surface area contributed by atoms with Gasteiger partial charge in [-0.3, -0.25) is 19.6 Å². The summed E-state index contributed by atoms with van der Waals surface area (Å²) < 4.78 is 25.4. The number of ether oxygens (including phenoxy) is 4. The van der Waals surface area contributed by atoms with Crippen LogP contribution in [0.15, 0.2) is 97.6 Å². The van der Waals surface area contributed by atoms with Crippen LogP contribution in [0.3, 0.4) is 0 Å². The van der Waals surface area contributed by atoms with Crippen LogP contribution < -0.4 is 34.9 Å². The summed E-state index contributed by atoms with van der Waals surface area (Å²) in [6.07, 6.45) is 7.69. The molecule has 0 amide bonds. The Morgan fingerprint density at radius 3 is 1.56 bits per heavy atom. The Balaban J connectivity index is 1.17. The lowest BCUT2D eigenvalue weighted by molar-refractivity contribution is -0.138. The van der Waals surface area contributed by atoms with Crippen LogP contribution in [-0.4, -0.2) is 52.3 Å². The molecule has 6 aromatic rings. The maximum Gasteiger partial charge on any atom is 0.303 e. The number of aromatic nitrogens is 2. The summed E-state index contributed by atoms with van der Waals surface area (Å²) in [4.78, 5) is 30.5. The number of carboxylic acid groups (broad SMARTS) is 2. The van der Waals surface area contributed by atoms with Crippen LogP contribution in [0.25, 0.3) is 11.1 Å². The van der Waals surface area contributed by atoms with Crippen molar-refractivity contribution in [1.82, 2.24) is 20.6 Å². The maximum atomic E-state index is 11.0. The molecule has 0 aliphatic rings. The van der Waals surface area contributed by atoms with Gasteiger partial charge in [0.05, 0.1) is 21.3 Å². The van der Waals surface area contributed by atoms with E-state index in [-0.39, 0.29) is 39.3 Å². The van der Waals surface area contributed by atoms with Crippen molar-refractivity contribution in [2.45, 2.75) is 79.0 Å². The molecule has 0 spiro atoms. The SMILES string of the molecule is CNc1cncc(COc2cc(OCc3cccc(-c4cccc(COc5cc(OCc6cncc(C#N)c6)c(CNCCCC(=O)O)cc5Cl)c4C)c3C)c(Cl)cc2CNCCCC(=O)O)c1. The zero-order chi connectivity index (χ0) is 48.4. The Kier molecular flexibility index (Phi) is 18.8. The summed E-state index contributed by atoms with van der Waals surface area (Å²) >= 11 is 13.7. The molecule has 68 heavy (non-hydrogen) atoms. The predicted octanol–water partition coefficient (Wildman–Crippen LogP) is 10.2. The molecule has 0 fully saturated rings. The third kappa shape index (κ3) is 14.6. The molecule has 2 aromatic heterocycles. The summed E-state index contributed by atoms with van der Waals surface area (Å²) in [6.45, 7) is 6.78. The number of hydrogen-bond donors (Lipinski definition) is 5. The Bertz CT molecular complexity index is 2750. The van der Waals surface area contributed by atoms with E-state index in [2.05, 4.69) is 58.0 Å². The van der Waals surface area contributed by atoms with Crippen LogP contribution in [0.2, 0.25) is 10.0 Å². The van der Waals surface area contributed by atoms with Gasteiger partial charge in [-0.1, -0.05) is 59.6 Å². The normalized spacial score (nSPS) is 10.9. The fraction of sp³-hybridized carbons (Fsp3) is 0.288. The highest BCUT2D eigenvalue weighted by atomic mass is 35.5. The molecule has 354 valence electrons. The standard InChI is InChI=1S/C52H54Cl2N6O8/c1-33-38(31-67-49-20-47(65-29-36-16-35(22-55)23-59-24-36)40(18-45(49)53)26-57-14-6-12-51(61)62)8-4-10-43(33)44-11-5-9-39(34(44)2)32-68-50-21-48(66-30-37-17-42(56-3)28-60-25-37)41(19-46(50)54)27-58-15-7-13-52(63)64/h4-5,8-11,16-21,23-25,28,56-58H,6-7,12-15,26-27,29-32H2,1-3H3,(H,61,62)(H,63,64). The molecular weight excluding hydrogens is 908 g/mol. The Morgan fingerprint density at radius 1 is 0.618 bits per heavy atom. The van der Waals surface area contributed by atoms with Gasteiger partial charge < -0.3 is 45.1 Å². The van der Waals surface area contributed by atoms with Crippen molar-refractivity contribution in [2.24, 2.45) is 0 Å². The Labute approximate surface area is 406 Å². The quantitative estimate of drug-likeness (QED) is 0.0322. The third-order valence-corrected chi connectivity index (χ3v) is 11.7. The van der Waals surface area contributed by atoms with Crippen LogP contribution >= 0.6 is 23.2 Å². The fourth-order valence-corrected chi connectivity index (χ4v) is 7.80. The van der Waals surface area contributed by atoms with Gasteiger partial charge >= 0.3 is 11.9 Å². The van der Waals surface area contributed by atoms with E-state index in [1.165, 1.54) is 6.20 Å². The zero-order valence-corrected chi connectivity index (χ0v) is 39.7. The largest absolute Gasteiger partial charge is 0.488 e. The van der Waals surface area contributed by atoms with Gasteiger partial charge in [-0.15, -0.1) is 0 Å². The number of nitrogens with zero attached hydrogens (tertiary/aromatic N) is 3. The second-order valence-electron chi connectivity index (χ2n) is 16.0. The number of aliphatic carboxylic acids is 2. The first-order valence-electron chi connectivity index (χ1n) is 22.1. The van der Waals surface area contributed by atoms with Gasteiger partial charge in [-0.2, -0.15) is 5.26 Å². The first-order chi connectivity index (χ1) is 32.9. The average Bonchev–Trinajstić information content (AvgIpc) is 3.33. The average molecular weight is 962 g/mol. The highest BCUT2D eigenvalue weighted by Gasteiger charge is 2.17. The molecule has 0 saturated heterocycles. The highest BCUT2D eigenvalue weighted by Crippen LogP contribution is 2.37. The molecule has 6 rings (SSSR count). The molecule has 0 aliphatic heterocycles. The number of carboxylic acids is 2. The third-order valence-electron chi connectivity index (χ3n) is 11.1. The van der Waals surface area contributed by atoms with E-state index in [0.717, 1.165) is 61.3 Å². The fourth-order valence-electron chi connectivity index (χ4n) is 7.32. The number of pyridine rings is 2. The highest BCUT2D eigenvalue weighted by molar-refractivity contribution is 6.32. The predicted molar refractivity (Wildman–Crippen MR) is 261 cm³/mol. The van der Waals surface area contributed by atoms with E-state index in [1.54, 1.807) is 42.9 Å². The molecule has 2 heterocycles. The van der Waals surface area contributed by atoms with Crippen molar-refractivity contribution >= 4 is 40.8 Å². The van der Waals surface area contributed by atoms with Gasteiger partial charge in [-0.25, -0.2) is 0 Å². The Hall–Kier alpha value is -6.89. The smallest absolute Gasteiger partial charge is 0.303 e. The van der Waals surface area contributed by atoms with Crippen LogP contribution in [0.4, 0.5) is 5.69 Å². The molecule has 0 atom stereocenters. The van der Waals surface area contributed by atoms with E-state index < -0.39 is 11.9 Å². The zero-order valence-electron chi connectivity index (χ0n) is 38.2. The molecule has 14 nitrogen and oxygen atoms in total. The monoisotopic (exact) mass is 960 g/mol. The van der Waals surface area contributed by atoms with Gasteiger partial charge in [0.25, 0.3) is 0 Å². The van der Waals surface area contributed by atoms with Crippen molar-refractivity contribution in [3.8, 4) is 40.2 Å². The molecule has 0 radical (unpaired) electrons. The summed E-state index contributed by atoms with van der Waals surface area (Å²) in [5.41, 5.74) is 10.5. The summed E-state index contributed by atoms with van der Waals surface area (Å²) in [6, 6.07) is 25.1. The number of carbonyl (C=O) groups is 2. The Morgan fingerprint density at radius 2 is 1.09 bits per heavy atom. The first kappa shape index (κ1) is 50.5. The van der Waals surface area contributed by atoms with E-state index in [1.807, 2.05) is 43.4 Å². The molecule has 4 aromatic carbocycles. The van der Waals surface area contributed by atoms with Gasteiger partial charge in [-0.05, 0) is 97.4 Å². The lowest BCUT2D eigenvalue weighted by Crippen LogP contribution is -2.16. The maximum absolute atomic E-state index is 11.0. The van der Waals surface area contributed by atoms with E-state index in [9.17, 15) is 14.9 Å². The van der Waals surface area contributed by atoms with Crippen LogP contribution in [0.5, 0.6) is 23.0 Å². The lowest BCUT2D eigenvalue weighted by atomic mass is 9.92. The molecule has 0 unspecified atom stereocenters. The van der Waals surface area contributed by atoms with Gasteiger partial charge in [0.15, 0.2) is 0 Å². The number of hydrogen-bond acceptors (Lipinski definition) is 12. The number of halogens is 2. The number of rotatable bonds is 26. The topological polar surface area (TPSA) is 197 Å². The van der Waals surface area contributed by atoms with E-state index in [0.29, 0.717) is 77.6 Å². The van der Waals surface area contributed by atoms with Crippen LogP contribution in [-0.2, 0) is 49.1 Å². The number of anilines is 1. The molecular formula is C52H54Cl2N6O8. The molecule has 0 bridgehead atoms. The minimum Gasteiger partial charge on any atom is -0.488 e. The number of nitriles is 1. The first-order valence-corrected chi connectivity index (χ1v) is 22.8. The number of nitrogens with one attached hydrogen (secondary N) is 3. The van der Waals surface area contributed by atoms with Crippen molar-refractivity contribution in [2.75, 3.05) is 25.5 Å². The molecule has 5 N–H and O–H groups in total. The minimum absolute atomic E-state index is 0.0572. The van der Waals surface area contributed by atoms with Crippen molar-refractivity contribution in [1.29, 1.82) is 5.26 Å². The van der Waals surface area contributed by atoms with Gasteiger partial charge in [0.1, 0.15) is 55.5 Å². The van der Waals surface area contributed by atoms with Gasteiger partial charge in [0.2, 0.25) is 0 Å². The summed E-state index contributed by atoms with van der Waals surface area (Å²) in [5, 5.41) is 37.9. The second kappa shape index (κ2) is 25.3.